The fourth-order valence-corrected chi connectivity index (χ4v) is 2.00. The summed E-state index contributed by atoms with van der Waals surface area (Å²) in [4.78, 5) is 2.17. The highest BCUT2D eigenvalue weighted by molar-refractivity contribution is 5.84. The Balaban J connectivity index is 2.01. The van der Waals surface area contributed by atoms with Gasteiger partial charge in [-0.3, -0.25) is 0 Å². The molecule has 0 atom stereocenters. The van der Waals surface area contributed by atoms with Gasteiger partial charge in [-0.15, -0.1) is 0 Å². The van der Waals surface area contributed by atoms with Crippen molar-refractivity contribution in [3.8, 4) is 5.75 Å². The number of hydrogen-bond donors (Lipinski definition) is 0. The van der Waals surface area contributed by atoms with E-state index in [1.165, 1.54) is 16.3 Å². The Bertz CT molecular complexity index is 519. The predicted octanol–water partition coefficient (Wildman–Crippen LogP) is 3.48. The summed E-state index contributed by atoms with van der Waals surface area (Å²) in [6, 6.07) is 12.8. The van der Waals surface area contributed by atoms with Crippen molar-refractivity contribution in [2.45, 2.75) is 13.3 Å². The van der Waals surface area contributed by atoms with Crippen LogP contribution < -0.4 is 4.74 Å². The summed E-state index contributed by atoms with van der Waals surface area (Å²) in [6.45, 7) is 3.95. The van der Waals surface area contributed by atoms with Crippen molar-refractivity contribution >= 4 is 10.8 Å². The molecular formula is C16H21NO. The van der Waals surface area contributed by atoms with Crippen LogP contribution in [0.25, 0.3) is 10.8 Å². The van der Waals surface area contributed by atoms with Crippen molar-refractivity contribution in [3.63, 3.8) is 0 Å². The molecule has 0 bridgehead atoms. The minimum atomic E-state index is 0.773. The van der Waals surface area contributed by atoms with Crippen LogP contribution in [0.2, 0.25) is 0 Å². The zero-order chi connectivity index (χ0) is 13.0. The summed E-state index contributed by atoms with van der Waals surface area (Å²) in [5.74, 6) is 0.965. The third-order valence-corrected chi connectivity index (χ3v) is 2.99. The molecule has 2 aromatic rings. The Morgan fingerprint density at radius 1 is 1.00 bits per heavy atom. The van der Waals surface area contributed by atoms with Gasteiger partial charge in [0.15, 0.2) is 0 Å². The Labute approximate surface area is 109 Å². The standard InChI is InChI=1S/C16H21NO/c1-13-5-6-14-7-8-16(12-15(14)11-13)18-10-4-9-17(2)3/h5-8,11-12H,4,9-10H2,1-3H3. The maximum atomic E-state index is 5.78. The molecule has 2 heteroatoms. The molecule has 0 heterocycles. The number of benzene rings is 2. The Morgan fingerprint density at radius 2 is 1.78 bits per heavy atom. The maximum absolute atomic E-state index is 5.78. The van der Waals surface area contributed by atoms with Gasteiger partial charge in [-0.1, -0.05) is 29.8 Å². The SMILES string of the molecule is Cc1ccc2ccc(OCCCN(C)C)cc2c1. The van der Waals surface area contributed by atoms with Crippen molar-refractivity contribution < 1.29 is 4.74 Å². The van der Waals surface area contributed by atoms with Gasteiger partial charge in [0.1, 0.15) is 5.75 Å². The lowest BCUT2D eigenvalue weighted by molar-refractivity contribution is 0.282. The van der Waals surface area contributed by atoms with E-state index in [1.54, 1.807) is 0 Å². The van der Waals surface area contributed by atoms with Crippen LogP contribution >= 0.6 is 0 Å². The van der Waals surface area contributed by atoms with Gasteiger partial charge in [-0.25, -0.2) is 0 Å². The Morgan fingerprint density at radius 3 is 2.56 bits per heavy atom. The molecule has 0 unspecified atom stereocenters. The van der Waals surface area contributed by atoms with Gasteiger partial charge in [0, 0.05) is 6.54 Å². The predicted molar refractivity (Wildman–Crippen MR) is 77.4 cm³/mol. The Hall–Kier alpha value is -1.54. The van der Waals surface area contributed by atoms with Crippen LogP contribution in [0.1, 0.15) is 12.0 Å². The normalized spacial score (nSPS) is 11.1. The number of ether oxygens (including phenoxy) is 1. The average molecular weight is 243 g/mol. The summed E-state index contributed by atoms with van der Waals surface area (Å²) in [5.41, 5.74) is 1.28. The summed E-state index contributed by atoms with van der Waals surface area (Å²) in [5, 5.41) is 2.52. The molecule has 2 nitrogen and oxygen atoms in total. The minimum Gasteiger partial charge on any atom is -0.494 e. The first kappa shape index (κ1) is 12.9. The smallest absolute Gasteiger partial charge is 0.119 e. The molecule has 2 rings (SSSR count). The van der Waals surface area contributed by atoms with Crippen molar-refractivity contribution in [2.24, 2.45) is 0 Å². The van der Waals surface area contributed by atoms with E-state index in [4.69, 9.17) is 4.74 Å². The molecule has 0 amide bonds. The molecule has 0 aliphatic rings. The van der Waals surface area contributed by atoms with Crippen LogP contribution in [-0.4, -0.2) is 32.1 Å². The molecule has 0 N–H and O–H groups in total. The minimum absolute atomic E-state index is 0.773. The highest BCUT2D eigenvalue weighted by Crippen LogP contribution is 2.22. The molecule has 0 aliphatic carbocycles. The average Bonchev–Trinajstić information content (AvgIpc) is 2.34. The van der Waals surface area contributed by atoms with Gasteiger partial charge in [0.05, 0.1) is 6.61 Å². The van der Waals surface area contributed by atoms with Crippen molar-refractivity contribution in [1.29, 1.82) is 0 Å². The van der Waals surface area contributed by atoms with E-state index in [2.05, 4.69) is 56.3 Å². The first-order chi connectivity index (χ1) is 8.65. The number of hydrogen-bond acceptors (Lipinski definition) is 2. The number of fused-ring (bicyclic) bond motifs is 1. The molecule has 0 aliphatic heterocycles. The largest absolute Gasteiger partial charge is 0.494 e. The number of rotatable bonds is 5. The molecule has 18 heavy (non-hydrogen) atoms. The van der Waals surface area contributed by atoms with Crippen molar-refractivity contribution in [3.05, 3.63) is 42.0 Å². The van der Waals surface area contributed by atoms with E-state index in [0.29, 0.717) is 0 Å². The van der Waals surface area contributed by atoms with Gasteiger partial charge in [-0.2, -0.15) is 0 Å². The summed E-state index contributed by atoms with van der Waals surface area (Å²) < 4.78 is 5.78. The first-order valence-electron chi connectivity index (χ1n) is 6.43. The Kier molecular flexibility index (Phi) is 4.21. The molecular weight excluding hydrogens is 222 g/mol. The zero-order valence-corrected chi connectivity index (χ0v) is 11.4. The van der Waals surface area contributed by atoms with E-state index in [1.807, 2.05) is 6.07 Å². The maximum Gasteiger partial charge on any atom is 0.119 e. The van der Waals surface area contributed by atoms with E-state index in [-0.39, 0.29) is 0 Å². The zero-order valence-electron chi connectivity index (χ0n) is 11.4. The van der Waals surface area contributed by atoms with E-state index >= 15 is 0 Å². The van der Waals surface area contributed by atoms with Gasteiger partial charge < -0.3 is 9.64 Å². The lowest BCUT2D eigenvalue weighted by atomic mass is 10.1. The van der Waals surface area contributed by atoms with Crippen LogP contribution in [0.4, 0.5) is 0 Å². The molecule has 96 valence electrons. The van der Waals surface area contributed by atoms with Gasteiger partial charge in [-0.05, 0) is 50.3 Å². The third-order valence-electron chi connectivity index (χ3n) is 2.99. The molecule has 0 aromatic heterocycles. The van der Waals surface area contributed by atoms with Crippen LogP contribution in [0, 0.1) is 6.92 Å². The second kappa shape index (κ2) is 5.87. The monoisotopic (exact) mass is 243 g/mol. The lowest BCUT2D eigenvalue weighted by Gasteiger charge is -2.11. The fraction of sp³-hybridized carbons (Fsp3) is 0.375. The van der Waals surface area contributed by atoms with Gasteiger partial charge in [0.25, 0.3) is 0 Å². The van der Waals surface area contributed by atoms with Crippen LogP contribution in [0.15, 0.2) is 36.4 Å². The molecule has 0 saturated heterocycles. The summed E-state index contributed by atoms with van der Waals surface area (Å²) in [6.07, 6.45) is 1.05. The van der Waals surface area contributed by atoms with Crippen molar-refractivity contribution in [1.82, 2.24) is 4.90 Å². The van der Waals surface area contributed by atoms with Gasteiger partial charge in [0.2, 0.25) is 0 Å². The highest BCUT2D eigenvalue weighted by Gasteiger charge is 1.98. The second-order valence-corrected chi connectivity index (χ2v) is 5.02. The molecule has 2 aromatic carbocycles. The van der Waals surface area contributed by atoms with Gasteiger partial charge >= 0.3 is 0 Å². The van der Waals surface area contributed by atoms with Crippen molar-refractivity contribution in [2.75, 3.05) is 27.2 Å². The van der Waals surface area contributed by atoms with E-state index < -0.39 is 0 Å². The fourth-order valence-electron chi connectivity index (χ4n) is 2.00. The van der Waals surface area contributed by atoms with E-state index in [9.17, 15) is 0 Å². The second-order valence-electron chi connectivity index (χ2n) is 5.02. The van der Waals surface area contributed by atoms with Crippen LogP contribution in [0.3, 0.4) is 0 Å². The van der Waals surface area contributed by atoms with E-state index in [0.717, 1.165) is 25.3 Å². The third kappa shape index (κ3) is 3.47. The first-order valence-corrected chi connectivity index (χ1v) is 6.43. The number of nitrogens with zero attached hydrogens (tertiary/aromatic N) is 1. The molecule has 0 fully saturated rings. The van der Waals surface area contributed by atoms with Crippen LogP contribution in [-0.2, 0) is 0 Å². The summed E-state index contributed by atoms with van der Waals surface area (Å²) in [7, 11) is 4.16. The molecule has 0 spiro atoms. The van der Waals surface area contributed by atoms with Crippen LogP contribution in [0.5, 0.6) is 5.75 Å². The quantitative estimate of drug-likeness (QED) is 0.745. The highest BCUT2D eigenvalue weighted by atomic mass is 16.5. The molecule has 0 saturated carbocycles. The lowest BCUT2D eigenvalue weighted by Crippen LogP contribution is -2.15. The summed E-state index contributed by atoms with van der Waals surface area (Å²) >= 11 is 0. The number of aryl methyl sites for hydroxylation is 1. The molecule has 0 radical (unpaired) electrons. The topological polar surface area (TPSA) is 12.5 Å².